The molecule has 1 saturated heterocycles. The molecule has 1 aliphatic heterocycles. The van der Waals surface area contributed by atoms with E-state index in [2.05, 4.69) is 10.6 Å². The van der Waals surface area contributed by atoms with Crippen LogP contribution in [0, 0.1) is 0 Å². The second kappa shape index (κ2) is 6.19. The monoisotopic (exact) mass is 244 g/mol. The van der Waals surface area contributed by atoms with Crippen molar-refractivity contribution in [3.05, 3.63) is 0 Å². The van der Waals surface area contributed by atoms with E-state index in [1.54, 1.807) is 6.92 Å². The lowest BCUT2D eigenvalue weighted by Gasteiger charge is -2.11. The first-order valence-corrected chi connectivity index (χ1v) is 5.47. The van der Waals surface area contributed by atoms with E-state index >= 15 is 0 Å². The van der Waals surface area contributed by atoms with Crippen LogP contribution in [0.15, 0.2) is 0 Å². The summed E-state index contributed by atoms with van der Waals surface area (Å²) < 4.78 is 5.03. The summed E-state index contributed by atoms with van der Waals surface area (Å²) in [5.41, 5.74) is 0. The van der Waals surface area contributed by atoms with E-state index in [-0.39, 0.29) is 12.5 Å². The summed E-state index contributed by atoms with van der Waals surface area (Å²) in [4.78, 5) is 33.2. The summed E-state index contributed by atoms with van der Waals surface area (Å²) in [6.45, 7) is 2.15. The summed E-state index contributed by atoms with van der Waals surface area (Å²) >= 11 is 0. The Kier molecular flexibility index (Phi) is 4.89. The number of rotatable bonds is 5. The SMILES string of the molecule is CCNC(=O)CNC(=O)C1CCC(C(=O)O)O1. The van der Waals surface area contributed by atoms with Crippen LogP contribution in [0.5, 0.6) is 0 Å². The molecule has 0 radical (unpaired) electrons. The van der Waals surface area contributed by atoms with Gasteiger partial charge in [-0.25, -0.2) is 4.79 Å². The highest BCUT2D eigenvalue weighted by atomic mass is 16.5. The molecular weight excluding hydrogens is 228 g/mol. The average Bonchev–Trinajstić information content (AvgIpc) is 2.75. The maximum absolute atomic E-state index is 11.5. The molecule has 0 saturated carbocycles. The van der Waals surface area contributed by atoms with Crippen LogP contribution in [-0.4, -0.2) is 48.2 Å². The fraction of sp³-hybridized carbons (Fsp3) is 0.700. The van der Waals surface area contributed by atoms with Gasteiger partial charge in [0.2, 0.25) is 11.8 Å². The molecule has 0 aromatic heterocycles. The highest BCUT2D eigenvalue weighted by Gasteiger charge is 2.34. The molecule has 2 atom stereocenters. The lowest BCUT2D eigenvalue weighted by molar-refractivity contribution is -0.152. The van der Waals surface area contributed by atoms with Gasteiger partial charge in [0.25, 0.3) is 0 Å². The minimum absolute atomic E-state index is 0.121. The molecule has 2 amide bonds. The zero-order valence-electron chi connectivity index (χ0n) is 9.56. The van der Waals surface area contributed by atoms with E-state index in [0.29, 0.717) is 19.4 Å². The van der Waals surface area contributed by atoms with Gasteiger partial charge in [-0.1, -0.05) is 0 Å². The van der Waals surface area contributed by atoms with Crippen molar-refractivity contribution in [3.63, 3.8) is 0 Å². The van der Waals surface area contributed by atoms with E-state index in [1.807, 2.05) is 0 Å². The topological polar surface area (TPSA) is 105 Å². The van der Waals surface area contributed by atoms with Gasteiger partial charge in [-0.2, -0.15) is 0 Å². The summed E-state index contributed by atoms with van der Waals surface area (Å²) in [6.07, 6.45) is -1.02. The highest BCUT2D eigenvalue weighted by molar-refractivity contribution is 5.87. The second-order valence-electron chi connectivity index (χ2n) is 3.70. The van der Waals surface area contributed by atoms with E-state index in [4.69, 9.17) is 9.84 Å². The Morgan fingerprint density at radius 1 is 1.24 bits per heavy atom. The van der Waals surface area contributed by atoms with Crippen LogP contribution in [0.1, 0.15) is 19.8 Å². The number of hydrogen-bond donors (Lipinski definition) is 3. The van der Waals surface area contributed by atoms with Gasteiger partial charge in [-0.05, 0) is 19.8 Å². The molecule has 2 unspecified atom stereocenters. The van der Waals surface area contributed by atoms with Gasteiger partial charge in [-0.3, -0.25) is 9.59 Å². The van der Waals surface area contributed by atoms with Crippen LogP contribution in [0.2, 0.25) is 0 Å². The molecule has 1 rings (SSSR count). The molecule has 0 aliphatic carbocycles. The van der Waals surface area contributed by atoms with Crippen LogP contribution in [0.3, 0.4) is 0 Å². The maximum Gasteiger partial charge on any atom is 0.332 e. The first-order valence-electron chi connectivity index (χ1n) is 5.47. The summed E-state index contributed by atoms with van der Waals surface area (Å²) in [5, 5.41) is 13.6. The number of aliphatic carboxylic acids is 1. The molecule has 96 valence electrons. The fourth-order valence-electron chi connectivity index (χ4n) is 1.55. The van der Waals surface area contributed by atoms with Crippen molar-refractivity contribution in [1.82, 2.24) is 10.6 Å². The predicted molar refractivity (Wildman–Crippen MR) is 57.2 cm³/mol. The summed E-state index contributed by atoms with van der Waals surface area (Å²) in [5.74, 6) is -1.79. The lowest BCUT2D eigenvalue weighted by Crippen LogP contribution is -2.41. The average molecular weight is 244 g/mol. The van der Waals surface area contributed by atoms with Crippen LogP contribution < -0.4 is 10.6 Å². The standard InChI is InChI=1S/C10H16N2O5/c1-2-11-8(13)5-12-9(14)6-3-4-7(17-6)10(15)16/h6-7H,2-5H2,1H3,(H,11,13)(H,12,14)(H,15,16). The van der Waals surface area contributed by atoms with Gasteiger partial charge in [0, 0.05) is 6.54 Å². The molecule has 17 heavy (non-hydrogen) atoms. The van der Waals surface area contributed by atoms with Gasteiger partial charge in [0.05, 0.1) is 6.54 Å². The molecule has 0 aromatic rings. The zero-order chi connectivity index (χ0) is 12.8. The fourth-order valence-corrected chi connectivity index (χ4v) is 1.55. The van der Waals surface area contributed by atoms with Crippen LogP contribution in [0.4, 0.5) is 0 Å². The number of carboxylic acid groups (broad SMARTS) is 1. The van der Waals surface area contributed by atoms with Crippen molar-refractivity contribution >= 4 is 17.8 Å². The number of nitrogens with one attached hydrogen (secondary N) is 2. The Morgan fingerprint density at radius 2 is 1.88 bits per heavy atom. The largest absolute Gasteiger partial charge is 0.479 e. The van der Waals surface area contributed by atoms with Gasteiger partial charge < -0.3 is 20.5 Å². The lowest BCUT2D eigenvalue weighted by atomic mass is 10.2. The second-order valence-corrected chi connectivity index (χ2v) is 3.70. The highest BCUT2D eigenvalue weighted by Crippen LogP contribution is 2.19. The first-order chi connectivity index (χ1) is 8.04. The Morgan fingerprint density at radius 3 is 2.41 bits per heavy atom. The van der Waals surface area contributed by atoms with Gasteiger partial charge >= 0.3 is 5.97 Å². The Balaban J connectivity index is 2.30. The smallest absolute Gasteiger partial charge is 0.332 e. The van der Waals surface area contributed by atoms with Crippen molar-refractivity contribution in [3.8, 4) is 0 Å². The predicted octanol–water partition coefficient (Wildman–Crippen LogP) is -1.13. The third-order valence-electron chi connectivity index (χ3n) is 2.38. The number of ether oxygens (including phenoxy) is 1. The molecule has 0 aromatic carbocycles. The van der Waals surface area contributed by atoms with Crippen molar-refractivity contribution in [2.75, 3.05) is 13.1 Å². The minimum Gasteiger partial charge on any atom is -0.479 e. The molecule has 0 spiro atoms. The number of amides is 2. The van der Waals surface area contributed by atoms with Crippen LogP contribution >= 0.6 is 0 Å². The third kappa shape index (κ3) is 4.03. The Bertz CT molecular complexity index is 318. The molecule has 1 aliphatic rings. The number of carbonyl (C=O) groups excluding carboxylic acids is 2. The molecular formula is C10H16N2O5. The number of carbonyl (C=O) groups is 3. The van der Waals surface area contributed by atoms with Crippen LogP contribution in [0.25, 0.3) is 0 Å². The number of hydrogen-bond acceptors (Lipinski definition) is 4. The van der Waals surface area contributed by atoms with Gasteiger partial charge in [0.15, 0.2) is 6.10 Å². The van der Waals surface area contributed by atoms with E-state index < -0.39 is 24.1 Å². The molecule has 1 heterocycles. The van der Waals surface area contributed by atoms with Crippen molar-refractivity contribution in [1.29, 1.82) is 0 Å². The number of likely N-dealkylation sites (N-methyl/N-ethyl adjacent to an activating group) is 1. The minimum atomic E-state index is -1.07. The quantitative estimate of drug-likeness (QED) is 0.567. The van der Waals surface area contributed by atoms with E-state index in [9.17, 15) is 14.4 Å². The van der Waals surface area contributed by atoms with E-state index in [1.165, 1.54) is 0 Å². The summed E-state index contributed by atoms with van der Waals surface area (Å²) in [6, 6.07) is 0. The molecule has 1 fully saturated rings. The Hall–Kier alpha value is -1.63. The van der Waals surface area contributed by atoms with Crippen molar-refractivity contribution in [2.24, 2.45) is 0 Å². The normalized spacial score (nSPS) is 23.1. The Labute approximate surface area is 98.5 Å². The first kappa shape index (κ1) is 13.4. The summed E-state index contributed by atoms with van der Waals surface area (Å²) in [7, 11) is 0. The molecule has 3 N–H and O–H groups in total. The number of carboxylic acids is 1. The van der Waals surface area contributed by atoms with Crippen molar-refractivity contribution < 1.29 is 24.2 Å². The van der Waals surface area contributed by atoms with Crippen LogP contribution in [-0.2, 0) is 19.1 Å². The van der Waals surface area contributed by atoms with E-state index in [0.717, 1.165) is 0 Å². The third-order valence-corrected chi connectivity index (χ3v) is 2.38. The molecule has 0 bridgehead atoms. The maximum atomic E-state index is 11.5. The molecule has 7 nitrogen and oxygen atoms in total. The zero-order valence-corrected chi connectivity index (χ0v) is 9.56. The van der Waals surface area contributed by atoms with Gasteiger partial charge in [-0.15, -0.1) is 0 Å². The van der Waals surface area contributed by atoms with Crippen molar-refractivity contribution in [2.45, 2.75) is 32.0 Å². The molecule has 7 heteroatoms. The van der Waals surface area contributed by atoms with Gasteiger partial charge in [0.1, 0.15) is 6.10 Å².